The molecule has 0 saturated heterocycles. The summed E-state index contributed by atoms with van der Waals surface area (Å²) in [4.78, 5) is 6.33. The standard InChI is InChI=1S/C16H18N4/c1-3-20(4-2)16-9-7-13(8-10-16)19-15-6-5-14(11-17)18-12-15/h5-10,12,19H,3-4H2,1-2H3. The highest BCUT2D eigenvalue weighted by Gasteiger charge is 2.01. The highest BCUT2D eigenvalue weighted by molar-refractivity contribution is 5.62. The van der Waals surface area contributed by atoms with Crippen molar-refractivity contribution in [2.75, 3.05) is 23.3 Å². The average Bonchev–Trinajstić information content (AvgIpc) is 2.51. The van der Waals surface area contributed by atoms with Gasteiger partial charge in [-0.1, -0.05) is 0 Å². The van der Waals surface area contributed by atoms with Crippen molar-refractivity contribution in [1.29, 1.82) is 5.26 Å². The second kappa shape index (κ2) is 6.58. The molecule has 4 nitrogen and oxygen atoms in total. The van der Waals surface area contributed by atoms with Crippen LogP contribution in [0.3, 0.4) is 0 Å². The predicted octanol–water partition coefficient (Wildman–Crippen LogP) is 3.54. The summed E-state index contributed by atoms with van der Waals surface area (Å²) in [6.07, 6.45) is 1.66. The summed E-state index contributed by atoms with van der Waals surface area (Å²) >= 11 is 0. The Kier molecular flexibility index (Phi) is 4.56. The van der Waals surface area contributed by atoms with E-state index in [4.69, 9.17) is 5.26 Å². The van der Waals surface area contributed by atoms with Gasteiger partial charge in [0.1, 0.15) is 11.8 Å². The third-order valence-corrected chi connectivity index (χ3v) is 3.16. The SMILES string of the molecule is CCN(CC)c1ccc(Nc2ccc(C#N)nc2)cc1. The number of hydrogen-bond donors (Lipinski definition) is 1. The van der Waals surface area contributed by atoms with E-state index in [2.05, 4.69) is 41.2 Å². The van der Waals surface area contributed by atoms with Gasteiger partial charge < -0.3 is 10.2 Å². The molecule has 0 aliphatic rings. The molecule has 0 amide bonds. The first-order valence-electron chi connectivity index (χ1n) is 6.75. The molecule has 2 rings (SSSR count). The molecule has 1 aromatic heterocycles. The lowest BCUT2D eigenvalue weighted by atomic mass is 10.2. The Morgan fingerprint density at radius 3 is 2.20 bits per heavy atom. The van der Waals surface area contributed by atoms with Crippen LogP contribution in [-0.2, 0) is 0 Å². The lowest BCUT2D eigenvalue weighted by Gasteiger charge is -2.21. The second-order valence-electron chi connectivity index (χ2n) is 4.39. The van der Waals surface area contributed by atoms with Gasteiger partial charge in [-0.3, -0.25) is 0 Å². The van der Waals surface area contributed by atoms with Gasteiger partial charge in [-0.15, -0.1) is 0 Å². The predicted molar refractivity (Wildman–Crippen MR) is 82.2 cm³/mol. The van der Waals surface area contributed by atoms with E-state index in [9.17, 15) is 0 Å². The van der Waals surface area contributed by atoms with Crippen molar-refractivity contribution in [3.63, 3.8) is 0 Å². The zero-order chi connectivity index (χ0) is 14.4. The van der Waals surface area contributed by atoms with Gasteiger partial charge in [-0.05, 0) is 50.2 Å². The Morgan fingerprint density at radius 2 is 1.70 bits per heavy atom. The maximum absolute atomic E-state index is 8.71. The van der Waals surface area contributed by atoms with Gasteiger partial charge in [0.25, 0.3) is 0 Å². The summed E-state index contributed by atoms with van der Waals surface area (Å²) in [6.45, 7) is 6.31. The molecule has 0 fully saturated rings. The first-order valence-corrected chi connectivity index (χ1v) is 6.75. The molecule has 1 aromatic carbocycles. The van der Waals surface area contributed by atoms with Crippen molar-refractivity contribution >= 4 is 17.1 Å². The molecular weight excluding hydrogens is 248 g/mol. The van der Waals surface area contributed by atoms with Gasteiger partial charge in [0.2, 0.25) is 0 Å². The molecule has 0 saturated carbocycles. The van der Waals surface area contributed by atoms with Gasteiger partial charge in [0.15, 0.2) is 0 Å². The fraction of sp³-hybridized carbons (Fsp3) is 0.250. The van der Waals surface area contributed by atoms with E-state index in [0.717, 1.165) is 24.5 Å². The molecule has 1 heterocycles. The smallest absolute Gasteiger partial charge is 0.140 e. The van der Waals surface area contributed by atoms with Gasteiger partial charge in [-0.25, -0.2) is 4.98 Å². The molecule has 0 aliphatic carbocycles. The minimum absolute atomic E-state index is 0.424. The molecule has 102 valence electrons. The highest BCUT2D eigenvalue weighted by atomic mass is 15.1. The number of rotatable bonds is 5. The molecular formula is C16H18N4. The van der Waals surface area contributed by atoms with Crippen LogP contribution in [0.15, 0.2) is 42.6 Å². The van der Waals surface area contributed by atoms with Gasteiger partial charge in [0.05, 0.1) is 11.9 Å². The topological polar surface area (TPSA) is 52.0 Å². The van der Waals surface area contributed by atoms with Gasteiger partial charge >= 0.3 is 0 Å². The van der Waals surface area contributed by atoms with Gasteiger partial charge in [-0.2, -0.15) is 5.26 Å². The van der Waals surface area contributed by atoms with Crippen molar-refractivity contribution in [3.8, 4) is 6.07 Å². The third kappa shape index (κ3) is 3.27. The summed E-state index contributed by atoms with van der Waals surface area (Å²) in [7, 11) is 0. The van der Waals surface area contributed by atoms with E-state index in [0.29, 0.717) is 5.69 Å². The maximum atomic E-state index is 8.71. The first-order chi connectivity index (χ1) is 9.76. The molecule has 20 heavy (non-hydrogen) atoms. The fourth-order valence-electron chi connectivity index (χ4n) is 2.04. The molecule has 0 unspecified atom stereocenters. The molecule has 0 spiro atoms. The molecule has 2 aromatic rings. The van der Waals surface area contributed by atoms with Crippen LogP contribution in [0, 0.1) is 11.3 Å². The number of nitrogens with zero attached hydrogens (tertiary/aromatic N) is 3. The highest BCUT2D eigenvalue weighted by Crippen LogP contribution is 2.20. The van der Waals surface area contributed by atoms with E-state index >= 15 is 0 Å². The summed E-state index contributed by atoms with van der Waals surface area (Å²) < 4.78 is 0. The van der Waals surface area contributed by atoms with Crippen LogP contribution in [0.1, 0.15) is 19.5 Å². The first kappa shape index (κ1) is 13.9. The van der Waals surface area contributed by atoms with Crippen LogP contribution in [-0.4, -0.2) is 18.1 Å². The van der Waals surface area contributed by atoms with E-state index < -0.39 is 0 Å². The quantitative estimate of drug-likeness (QED) is 0.899. The molecule has 4 heteroatoms. The molecule has 1 N–H and O–H groups in total. The molecule has 0 bridgehead atoms. The van der Waals surface area contributed by atoms with Crippen LogP contribution < -0.4 is 10.2 Å². The second-order valence-corrected chi connectivity index (χ2v) is 4.39. The maximum Gasteiger partial charge on any atom is 0.140 e. The Labute approximate surface area is 119 Å². The average molecular weight is 266 g/mol. The number of pyridine rings is 1. The fourth-order valence-corrected chi connectivity index (χ4v) is 2.04. The van der Waals surface area contributed by atoms with E-state index in [-0.39, 0.29) is 0 Å². The summed E-state index contributed by atoms with van der Waals surface area (Å²) in [5.41, 5.74) is 3.53. The van der Waals surface area contributed by atoms with Crippen molar-refractivity contribution in [2.45, 2.75) is 13.8 Å². The number of nitriles is 1. The minimum Gasteiger partial charge on any atom is -0.372 e. The van der Waals surface area contributed by atoms with E-state index in [1.54, 1.807) is 12.3 Å². The van der Waals surface area contributed by atoms with Crippen LogP contribution in [0.2, 0.25) is 0 Å². The Hall–Kier alpha value is -2.54. The zero-order valence-corrected chi connectivity index (χ0v) is 11.8. The molecule has 0 aliphatic heterocycles. The summed E-state index contributed by atoms with van der Waals surface area (Å²) in [5, 5.41) is 12.0. The van der Waals surface area contributed by atoms with Crippen molar-refractivity contribution < 1.29 is 0 Å². The minimum atomic E-state index is 0.424. The normalized spacial score (nSPS) is 9.85. The van der Waals surface area contributed by atoms with Crippen molar-refractivity contribution in [2.24, 2.45) is 0 Å². The summed E-state index contributed by atoms with van der Waals surface area (Å²) in [6, 6.07) is 13.9. The van der Waals surface area contributed by atoms with Crippen molar-refractivity contribution in [3.05, 3.63) is 48.3 Å². The Morgan fingerprint density at radius 1 is 1.05 bits per heavy atom. The van der Waals surface area contributed by atoms with Crippen molar-refractivity contribution in [1.82, 2.24) is 4.98 Å². The van der Waals surface area contributed by atoms with Crippen LogP contribution >= 0.6 is 0 Å². The van der Waals surface area contributed by atoms with E-state index in [1.165, 1.54) is 5.69 Å². The van der Waals surface area contributed by atoms with Gasteiger partial charge in [0, 0.05) is 24.5 Å². The van der Waals surface area contributed by atoms with Crippen LogP contribution in [0.5, 0.6) is 0 Å². The Balaban J connectivity index is 2.08. The third-order valence-electron chi connectivity index (χ3n) is 3.16. The number of anilines is 3. The zero-order valence-electron chi connectivity index (χ0n) is 11.8. The lowest BCUT2D eigenvalue weighted by Crippen LogP contribution is -2.21. The number of benzene rings is 1. The number of aromatic nitrogens is 1. The lowest BCUT2D eigenvalue weighted by molar-refractivity contribution is 0.866. The van der Waals surface area contributed by atoms with Crippen LogP contribution in [0.25, 0.3) is 0 Å². The number of nitrogens with one attached hydrogen (secondary N) is 1. The Bertz CT molecular complexity index is 577. The molecule has 0 radical (unpaired) electrons. The largest absolute Gasteiger partial charge is 0.372 e. The monoisotopic (exact) mass is 266 g/mol. The number of hydrogen-bond acceptors (Lipinski definition) is 4. The van der Waals surface area contributed by atoms with E-state index in [1.807, 2.05) is 24.3 Å². The summed E-state index contributed by atoms with van der Waals surface area (Å²) in [5.74, 6) is 0. The molecule has 0 atom stereocenters. The van der Waals surface area contributed by atoms with Crippen LogP contribution in [0.4, 0.5) is 17.1 Å².